The van der Waals surface area contributed by atoms with Gasteiger partial charge in [0.15, 0.2) is 0 Å². The van der Waals surface area contributed by atoms with Gasteiger partial charge in [0.05, 0.1) is 11.3 Å². The van der Waals surface area contributed by atoms with Crippen LogP contribution in [0.25, 0.3) is 0 Å². The van der Waals surface area contributed by atoms with E-state index < -0.39 is 28.0 Å². The van der Waals surface area contributed by atoms with Gasteiger partial charge in [-0.3, -0.25) is 15.0 Å². The van der Waals surface area contributed by atoms with Crippen LogP contribution in [0.1, 0.15) is 36.5 Å². The van der Waals surface area contributed by atoms with Gasteiger partial charge in [-0.1, -0.05) is 36.4 Å². The third kappa shape index (κ3) is 7.42. The second-order valence-electron chi connectivity index (χ2n) is 8.44. The summed E-state index contributed by atoms with van der Waals surface area (Å²) in [5, 5.41) is 20.2. The molecule has 3 rings (SSSR count). The minimum Gasteiger partial charge on any atom is -0.507 e. The van der Waals surface area contributed by atoms with Crippen molar-refractivity contribution in [3.63, 3.8) is 0 Å². The zero-order chi connectivity index (χ0) is 25.6. The van der Waals surface area contributed by atoms with Crippen LogP contribution in [0.2, 0.25) is 0 Å². The molecule has 0 saturated carbocycles. The third-order valence-electron chi connectivity index (χ3n) is 5.94. The first-order valence-electron chi connectivity index (χ1n) is 11.4. The van der Waals surface area contributed by atoms with Crippen molar-refractivity contribution in [1.29, 1.82) is 5.41 Å². The SMILES string of the molecule is CCS(=O)(=O)N[C@H](Cc1ccccc1)C(=O)N1CCC[C@H]1C(=O)NCc1ccc(C(=N)N)c(O)c1.Cl. The average molecular weight is 538 g/mol. The van der Waals surface area contributed by atoms with Gasteiger partial charge in [0, 0.05) is 13.1 Å². The Morgan fingerprint density at radius 1 is 1.19 bits per heavy atom. The zero-order valence-electron chi connectivity index (χ0n) is 19.9. The van der Waals surface area contributed by atoms with Crippen LogP contribution in [0, 0.1) is 5.41 Å². The van der Waals surface area contributed by atoms with E-state index in [2.05, 4.69) is 10.0 Å². The number of nitrogens with zero attached hydrogens (tertiary/aromatic N) is 1. The van der Waals surface area contributed by atoms with Crippen molar-refractivity contribution in [3.8, 4) is 5.75 Å². The number of amidine groups is 1. The Kier molecular flexibility index (Phi) is 10.3. The fourth-order valence-electron chi connectivity index (χ4n) is 4.05. The number of phenolic OH excluding ortho intramolecular Hbond substituents is 1. The lowest BCUT2D eigenvalue weighted by molar-refractivity contribution is -0.139. The number of benzene rings is 2. The minimum atomic E-state index is -3.66. The molecule has 36 heavy (non-hydrogen) atoms. The second-order valence-corrected chi connectivity index (χ2v) is 10.5. The Morgan fingerprint density at radius 2 is 1.89 bits per heavy atom. The minimum absolute atomic E-state index is 0. The fraction of sp³-hybridized carbons (Fsp3) is 0.375. The molecule has 10 nitrogen and oxygen atoms in total. The number of aromatic hydroxyl groups is 1. The summed E-state index contributed by atoms with van der Waals surface area (Å²) in [6.07, 6.45) is 1.26. The number of nitrogen functional groups attached to an aromatic ring is 1. The quantitative estimate of drug-likeness (QED) is 0.226. The first-order valence-corrected chi connectivity index (χ1v) is 13.0. The van der Waals surface area contributed by atoms with E-state index in [0.717, 1.165) is 5.56 Å². The number of carbonyl (C=O) groups is 2. The summed E-state index contributed by atoms with van der Waals surface area (Å²) < 4.78 is 27.1. The molecule has 196 valence electrons. The maximum atomic E-state index is 13.4. The monoisotopic (exact) mass is 537 g/mol. The molecule has 2 aromatic carbocycles. The van der Waals surface area contributed by atoms with Gasteiger partial charge in [-0.15, -0.1) is 12.4 Å². The van der Waals surface area contributed by atoms with E-state index in [4.69, 9.17) is 11.1 Å². The summed E-state index contributed by atoms with van der Waals surface area (Å²) in [6.45, 7) is 1.96. The van der Waals surface area contributed by atoms with E-state index in [1.54, 1.807) is 6.07 Å². The van der Waals surface area contributed by atoms with Gasteiger partial charge in [-0.25, -0.2) is 13.1 Å². The molecule has 0 bridgehead atoms. The molecule has 1 aliphatic heterocycles. The lowest BCUT2D eigenvalue weighted by Gasteiger charge is -2.28. The van der Waals surface area contributed by atoms with Crippen molar-refractivity contribution in [1.82, 2.24) is 14.9 Å². The molecule has 0 spiro atoms. The van der Waals surface area contributed by atoms with Crippen LogP contribution in [0.5, 0.6) is 5.75 Å². The van der Waals surface area contributed by atoms with Crippen molar-refractivity contribution < 1.29 is 23.1 Å². The van der Waals surface area contributed by atoms with Gasteiger partial charge in [-0.05, 0) is 49.4 Å². The van der Waals surface area contributed by atoms with Gasteiger partial charge < -0.3 is 21.1 Å². The third-order valence-corrected chi connectivity index (χ3v) is 7.34. The number of halogens is 1. The number of rotatable bonds is 10. The van der Waals surface area contributed by atoms with E-state index in [1.807, 2.05) is 30.3 Å². The van der Waals surface area contributed by atoms with Crippen LogP contribution in [0.15, 0.2) is 48.5 Å². The van der Waals surface area contributed by atoms with Crippen LogP contribution in [-0.4, -0.2) is 60.5 Å². The number of carbonyl (C=O) groups excluding carboxylic acids is 2. The predicted molar refractivity (Wildman–Crippen MR) is 139 cm³/mol. The summed E-state index contributed by atoms with van der Waals surface area (Å²) in [7, 11) is -3.66. The molecule has 0 radical (unpaired) electrons. The molecule has 1 saturated heterocycles. The summed E-state index contributed by atoms with van der Waals surface area (Å²) in [5.74, 6) is -1.38. The van der Waals surface area contributed by atoms with E-state index in [-0.39, 0.29) is 54.2 Å². The number of sulfonamides is 1. The van der Waals surface area contributed by atoms with Gasteiger partial charge in [0.2, 0.25) is 21.8 Å². The van der Waals surface area contributed by atoms with Crippen LogP contribution in [0.3, 0.4) is 0 Å². The fourth-order valence-corrected chi connectivity index (χ4v) is 4.84. The van der Waals surface area contributed by atoms with Crippen molar-refractivity contribution >= 4 is 40.1 Å². The number of hydrogen-bond acceptors (Lipinski definition) is 6. The lowest BCUT2D eigenvalue weighted by atomic mass is 10.0. The van der Waals surface area contributed by atoms with Gasteiger partial charge in [-0.2, -0.15) is 0 Å². The molecule has 0 unspecified atom stereocenters. The average Bonchev–Trinajstić information content (AvgIpc) is 3.32. The topological polar surface area (TPSA) is 166 Å². The van der Waals surface area contributed by atoms with Crippen LogP contribution in [-0.2, 0) is 32.6 Å². The van der Waals surface area contributed by atoms with Crippen molar-refractivity contribution in [2.24, 2.45) is 5.73 Å². The molecule has 2 amide bonds. The van der Waals surface area contributed by atoms with E-state index in [0.29, 0.717) is 24.9 Å². The number of hydrogen-bond donors (Lipinski definition) is 5. The largest absolute Gasteiger partial charge is 0.507 e. The molecule has 1 aliphatic rings. The van der Waals surface area contributed by atoms with Crippen molar-refractivity contribution in [3.05, 3.63) is 65.2 Å². The van der Waals surface area contributed by atoms with Gasteiger partial charge in [0.25, 0.3) is 0 Å². The molecule has 2 atom stereocenters. The summed E-state index contributed by atoms with van der Waals surface area (Å²) >= 11 is 0. The normalized spacial score (nSPS) is 16.1. The number of nitrogens with one attached hydrogen (secondary N) is 3. The van der Waals surface area contributed by atoms with Crippen molar-refractivity contribution in [2.45, 2.75) is 44.8 Å². The molecular formula is C24H32ClN5O5S. The number of amides is 2. The second kappa shape index (κ2) is 12.7. The Labute approximate surface area is 217 Å². The predicted octanol–water partition coefficient (Wildman–Crippen LogP) is 1.26. The highest BCUT2D eigenvalue weighted by atomic mass is 35.5. The lowest BCUT2D eigenvalue weighted by Crippen LogP contribution is -2.54. The Hall–Kier alpha value is -3.15. The molecule has 0 aromatic heterocycles. The highest BCUT2D eigenvalue weighted by molar-refractivity contribution is 7.89. The van der Waals surface area contributed by atoms with Crippen molar-refractivity contribution in [2.75, 3.05) is 12.3 Å². The Bertz CT molecular complexity index is 1190. The molecule has 0 aliphatic carbocycles. The van der Waals surface area contributed by atoms with Gasteiger partial charge >= 0.3 is 0 Å². The maximum Gasteiger partial charge on any atom is 0.243 e. The molecule has 2 aromatic rings. The first kappa shape index (κ1) is 29.1. The zero-order valence-corrected chi connectivity index (χ0v) is 21.6. The van der Waals surface area contributed by atoms with E-state index in [1.165, 1.54) is 24.0 Å². The van der Waals surface area contributed by atoms with Crippen LogP contribution >= 0.6 is 12.4 Å². The molecular weight excluding hydrogens is 506 g/mol. The molecule has 12 heteroatoms. The van der Waals surface area contributed by atoms with Gasteiger partial charge in [0.1, 0.15) is 23.7 Å². The standard InChI is InChI=1S/C24H31N5O5S.ClH/c1-2-35(33,34)28-19(13-16-7-4-3-5-8-16)24(32)29-12-6-9-20(29)23(31)27-15-17-10-11-18(22(25)26)21(30)14-17;/h3-5,7-8,10-11,14,19-20,28,30H,2,6,9,12-13,15H2,1H3,(H3,25,26)(H,27,31);1H/t19-,20+;/m1./s1. The summed E-state index contributed by atoms with van der Waals surface area (Å²) in [6, 6.07) is 11.9. The number of likely N-dealkylation sites (tertiary alicyclic amines) is 1. The summed E-state index contributed by atoms with van der Waals surface area (Å²) in [5.41, 5.74) is 7.02. The van der Waals surface area contributed by atoms with Crippen LogP contribution in [0.4, 0.5) is 0 Å². The molecule has 1 fully saturated rings. The van der Waals surface area contributed by atoms with E-state index in [9.17, 15) is 23.1 Å². The maximum absolute atomic E-state index is 13.4. The first-order chi connectivity index (χ1) is 16.6. The van der Waals surface area contributed by atoms with E-state index >= 15 is 0 Å². The highest BCUT2D eigenvalue weighted by Gasteiger charge is 2.38. The molecule has 6 N–H and O–H groups in total. The summed E-state index contributed by atoms with van der Waals surface area (Å²) in [4.78, 5) is 27.8. The number of nitrogens with two attached hydrogens (primary N) is 1. The Balaban J connectivity index is 0.00000456. The Morgan fingerprint density at radius 3 is 2.50 bits per heavy atom. The highest BCUT2D eigenvalue weighted by Crippen LogP contribution is 2.21. The number of phenols is 1. The van der Waals surface area contributed by atoms with Crippen LogP contribution < -0.4 is 15.8 Å². The molecule has 1 heterocycles. The smallest absolute Gasteiger partial charge is 0.243 e.